The van der Waals surface area contributed by atoms with E-state index in [1.165, 1.54) is 0 Å². The lowest BCUT2D eigenvalue weighted by Crippen LogP contribution is -2.67. The van der Waals surface area contributed by atoms with Gasteiger partial charge in [-0.25, -0.2) is 0 Å². The van der Waals surface area contributed by atoms with Crippen molar-refractivity contribution in [1.82, 2.24) is 0 Å². The first-order valence-corrected chi connectivity index (χ1v) is 17.6. The number of rotatable bonds is 19. The molecule has 1 aliphatic carbocycles. The summed E-state index contributed by atoms with van der Waals surface area (Å²) in [6.07, 6.45) is -1.39. The highest BCUT2D eigenvalue weighted by molar-refractivity contribution is 5.69. The van der Waals surface area contributed by atoms with Gasteiger partial charge in [0.1, 0.15) is 30.5 Å². The van der Waals surface area contributed by atoms with Crippen molar-refractivity contribution in [2.24, 2.45) is 0 Å². The predicted octanol–water partition coefficient (Wildman–Crippen LogP) is 8.24. The van der Waals surface area contributed by atoms with Gasteiger partial charge in [-0.15, -0.1) is 0 Å². The Balaban J connectivity index is 1.56. The first-order chi connectivity index (χ1) is 24.2. The summed E-state index contributed by atoms with van der Waals surface area (Å²) < 4.78 is 40.3. The molecule has 0 unspecified atom stereocenters. The lowest BCUT2D eigenvalue weighted by molar-refractivity contribution is -0.285. The van der Waals surface area contributed by atoms with Gasteiger partial charge >= 0.3 is 5.97 Å². The van der Waals surface area contributed by atoms with E-state index in [4.69, 9.17) is 28.4 Å². The predicted molar refractivity (Wildman–Crippen MR) is 190 cm³/mol. The van der Waals surface area contributed by atoms with Crippen LogP contribution < -0.4 is 0 Å². The molecule has 0 N–H and O–H groups in total. The molecule has 0 spiro atoms. The largest absolute Gasteiger partial charge is 0.457 e. The summed E-state index contributed by atoms with van der Waals surface area (Å²) in [5.41, 5.74) is 4.04. The molecule has 0 bridgehead atoms. The molecule has 0 aromatic heterocycles. The number of ether oxygens (including phenoxy) is 6. The fraction of sp³-hybridized carbons (Fsp3) is 0.405. The third-order valence-electron chi connectivity index (χ3n) is 8.61. The zero-order chi connectivity index (χ0) is 34.1. The molecule has 0 amide bonds. The lowest BCUT2D eigenvalue weighted by Gasteiger charge is -2.49. The van der Waals surface area contributed by atoms with Gasteiger partial charge in [-0.3, -0.25) is 4.79 Å². The smallest absolute Gasteiger partial charge is 0.306 e. The topological polar surface area (TPSA) is 72.5 Å². The summed E-state index contributed by atoms with van der Waals surface area (Å²) in [7, 11) is 0. The maximum absolute atomic E-state index is 13.3. The summed E-state index contributed by atoms with van der Waals surface area (Å²) in [5.74, 6) is -0.308. The van der Waals surface area contributed by atoms with Gasteiger partial charge in [-0.2, -0.15) is 0 Å². The molecule has 1 fully saturated rings. The van der Waals surface area contributed by atoms with E-state index in [0.29, 0.717) is 39.5 Å². The molecule has 5 rings (SSSR count). The van der Waals surface area contributed by atoms with Crippen LogP contribution in [0.3, 0.4) is 0 Å². The van der Waals surface area contributed by atoms with E-state index in [-0.39, 0.29) is 12.4 Å². The van der Waals surface area contributed by atoms with E-state index in [2.05, 4.69) is 6.92 Å². The third-order valence-corrected chi connectivity index (χ3v) is 8.61. The van der Waals surface area contributed by atoms with Crippen LogP contribution in [0.15, 0.2) is 121 Å². The summed E-state index contributed by atoms with van der Waals surface area (Å²) in [6.45, 7) is 5.81. The molecule has 0 radical (unpaired) electrons. The highest BCUT2D eigenvalue weighted by Gasteiger charge is 2.56. The molecule has 6 atom stereocenters. The van der Waals surface area contributed by atoms with Crippen molar-refractivity contribution in [3.63, 3.8) is 0 Å². The first-order valence-electron chi connectivity index (χ1n) is 17.6. The van der Waals surface area contributed by atoms with Gasteiger partial charge in [0, 0.05) is 13.0 Å². The van der Waals surface area contributed by atoms with Gasteiger partial charge in [0.05, 0.1) is 26.4 Å². The molecular weight excluding hydrogens is 616 g/mol. The molecule has 0 heterocycles. The second-order valence-corrected chi connectivity index (χ2v) is 12.4. The van der Waals surface area contributed by atoms with Crippen LogP contribution >= 0.6 is 0 Å². The number of esters is 1. The number of unbranched alkanes of at least 4 members (excludes halogenated alkanes) is 1. The quantitative estimate of drug-likeness (QED) is 0.0738. The third kappa shape index (κ3) is 11.1. The Labute approximate surface area is 291 Å². The SMILES string of the molecule is CCCCO[C@@H]1[C@@H](OCc2ccccc2)[C@H](OCc2ccccc2)[C@@H](OCc2ccccc2)[C@H](OCc2ccccc2)[C@@H]1OC(=O)CCC. The molecule has 4 aromatic carbocycles. The minimum atomic E-state index is -0.808. The van der Waals surface area contributed by atoms with E-state index in [0.717, 1.165) is 35.1 Å². The van der Waals surface area contributed by atoms with Gasteiger partial charge < -0.3 is 28.4 Å². The number of hydrogen-bond acceptors (Lipinski definition) is 7. The molecule has 0 aliphatic heterocycles. The van der Waals surface area contributed by atoms with Gasteiger partial charge in [-0.1, -0.05) is 142 Å². The Morgan fingerprint density at radius 3 is 1.10 bits per heavy atom. The van der Waals surface area contributed by atoms with Gasteiger partial charge in [0.25, 0.3) is 0 Å². The molecule has 260 valence electrons. The monoisotopic (exact) mass is 666 g/mol. The van der Waals surface area contributed by atoms with Crippen molar-refractivity contribution in [2.75, 3.05) is 6.61 Å². The average molecular weight is 667 g/mol. The molecule has 1 saturated carbocycles. The lowest BCUT2D eigenvalue weighted by atomic mass is 9.83. The zero-order valence-electron chi connectivity index (χ0n) is 28.7. The number of carbonyl (C=O) groups is 1. The minimum Gasteiger partial charge on any atom is -0.457 e. The highest BCUT2D eigenvalue weighted by atomic mass is 16.6. The fourth-order valence-corrected chi connectivity index (χ4v) is 6.05. The molecule has 7 heteroatoms. The maximum Gasteiger partial charge on any atom is 0.306 e. The fourth-order valence-electron chi connectivity index (χ4n) is 6.05. The first kappa shape index (κ1) is 36.4. The van der Waals surface area contributed by atoms with Crippen LogP contribution in [0, 0.1) is 0 Å². The van der Waals surface area contributed by atoms with Crippen LogP contribution in [0.5, 0.6) is 0 Å². The maximum atomic E-state index is 13.3. The summed E-state index contributed by atoms with van der Waals surface area (Å²) in [5, 5.41) is 0. The molecular formula is C42H50O7. The second-order valence-electron chi connectivity index (χ2n) is 12.4. The molecule has 1 aliphatic rings. The Kier molecular flexibility index (Phi) is 14.9. The van der Waals surface area contributed by atoms with Crippen LogP contribution in [0.25, 0.3) is 0 Å². The van der Waals surface area contributed by atoms with Crippen LogP contribution in [-0.4, -0.2) is 49.2 Å². The van der Waals surface area contributed by atoms with Crippen molar-refractivity contribution in [1.29, 1.82) is 0 Å². The van der Waals surface area contributed by atoms with E-state index in [1.54, 1.807) is 0 Å². The van der Waals surface area contributed by atoms with Crippen LogP contribution in [-0.2, 0) is 59.6 Å². The average Bonchev–Trinajstić information content (AvgIpc) is 3.14. The van der Waals surface area contributed by atoms with Crippen molar-refractivity contribution >= 4 is 5.97 Å². The van der Waals surface area contributed by atoms with E-state index >= 15 is 0 Å². The highest BCUT2D eigenvalue weighted by Crippen LogP contribution is 2.36. The van der Waals surface area contributed by atoms with Gasteiger partial charge in [0.2, 0.25) is 0 Å². The van der Waals surface area contributed by atoms with Crippen LogP contribution in [0.4, 0.5) is 0 Å². The Bertz CT molecular complexity index is 1470. The normalized spacial score (nSPS) is 22.1. The molecule has 49 heavy (non-hydrogen) atoms. The summed E-state index contributed by atoms with van der Waals surface area (Å²) >= 11 is 0. The molecule has 7 nitrogen and oxygen atoms in total. The summed E-state index contributed by atoms with van der Waals surface area (Å²) in [4.78, 5) is 13.3. The van der Waals surface area contributed by atoms with Gasteiger partial charge in [0.15, 0.2) is 6.10 Å². The van der Waals surface area contributed by atoms with Crippen molar-refractivity contribution in [3.05, 3.63) is 144 Å². The number of hydrogen-bond donors (Lipinski definition) is 0. The summed E-state index contributed by atoms with van der Waals surface area (Å²) in [6, 6.07) is 40.1. The number of benzene rings is 4. The van der Waals surface area contributed by atoms with Crippen LogP contribution in [0.2, 0.25) is 0 Å². The van der Waals surface area contributed by atoms with Gasteiger partial charge in [-0.05, 0) is 35.1 Å². The molecule has 4 aromatic rings. The standard InChI is InChI=1S/C42H50O7/c1-3-5-27-44-40-38(46-29-33-21-12-7-13-22-33)37(45-28-32-19-10-6-11-20-32)39(47-30-34-23-14-8-15-24-34)41(42(40)49-36(43)18-4-2)48-31-35-25-16-9-17-26-35/h6-17,19-26,37-42H,3-5,18,27-31H2,1-2H3/t37-,38-,39+,40+,41-,42+/m0/s1. The van der Waals surface area contributed by atoms with E-state index in [1.807, 2.05) is 128 Å². The van der Waals surface area contributed by atoms with Crippen molar-refractivity contribution < 1.29 is 33.2 Å². The Morgan fingerprint density at radius 2 is 0.776 bits per heavy atom. The minimum absolute atomic E-state index is 0.280. The Hall–Kier alpha value is -3.85. The number of carbonyl (C=O) groups excluding carboxylic acids is 1. The molecule has 0 saturated heterocycles. The second kappa shape index (κ2) is 20.0. The van der Waals surface area contributed by atoms with Crippen molar-refractivity contribution in [2.45, 2.75) is 103 Å². The zero-order valence-corrected chi connectivity index (χ0v) is 28.7. The van der Waals surface area contributed by atoms with Crippen molar-refractivity contribution in [3.8, 4) is 0 Å². The van der Waals surface area contributed by atoms with Crippen LogP contribution in [0.1, 0.15) is 61.8 Å². The van der Waals surface area contributed by atoms with E-state index in [9.17, 15) is 4.79 Å². The Morgan fingerprint density at radius 1 is 0.449 bits per heavy atom. The van der Waals surface area contributed by atoms with E-state index < -0.39 is 36.6 Å².